The molecule has 3 heterocycles. The van der Waals surface area contributed by atoms with Crippen molar-refractivity contribution in [3.63, 3.8) is 0 Å². The summed E-state index contributed by atoms with van der Waals surface area (Å²) in [5, 5.41) is 4.71. The lowest BCUT2D eigenvalue weighted by molar-refractivity contribution is -0.132. The first-order chi connectivity index (χ1) is 11.8. The van der Waals surface area contributed by atoms with Crippen LogP contribution in [0.3, 0.4) is 0 Å². The van der Waals surface area contributed by atoms with Crippen LogP contribution < -0.4 is 5.32 Å². The molecule has 1 aromatic carbocycles. The number of aromatic nitrogens is 1. The minimum absolute atomic E-state index is 0. The van der Waals surface area contributed by atoms with Crippen molar-refractivity contribution in [2.24, 2.45) is 0 Å². The predicted octanol–water partition coefficient (Wildman–Crippen LogP) is 3.94. The van der Waals surface area contributed by atoms with Crippen LogP contribution in [0.5, 0.6) is 0 Å². The Labute approximate surface area is 175 Å². The molecule has 2 aromatic rings. The molecule has 8 heteroatoms. The number of amides is 1. The lowest BCUT2D eigenvalue weighted by Crippen LogP contribution is -2.44. The van der Waals surface area contributed by atoms with Crippen molar-refractivity contribution in [3.8, 4) is 0 Å². The molecular formula is C18H25Cl2N3OS2. The largest absolute Gasteiger partial charge is 0.343 e. The van der Waals surface area contributed by atoms with Crippen LogP contribution >= 0.6 is 47.9 Å². The van der Waals surface area contributed by atoms with Crippen LogP contribution in [0, 0.1) is 0 Å². The van der Waals surface area contributed by atoms with Gasteiger partial charge in [0.25, 0.3) is 0 Å². The number of likely N-dealkylation sites (tertiary alicyclic amines) is 1. The molecule has 0 spiro atoms. The van der Waals surface area contributed by atoms with Crippen LogP contribution in [0.25, 0.3) is 10.2 Å². The molecule has 0 aliphatic carbocycles. The number of thiazole rings is 1. The van der Waals surface area contributed by atoms with E-state index in [9.17, 15) is 4.79 Å². The summed E-state index contributed by atoms with van der Waals surface area (Å²) in [5.74, 6) is 3.05. The van der Waals surface area contributed by atoms with E-state index >= 15 is 0 Å². The van der Waals surface area contributed by atoms with Gasteiger partial charge in [0, 0.05) is 49.5 Å². The highest BCUT2D eigenvalue weighted by atomic mass is 35.5. The molecule has 4 rings (SSSR count). The molecule has 2 saturated heterocycles. The number of para-hydroxylation sites is 1. The molecule has 2 aliphatic rings. The fraction of sp³-hybridized carbons (Fsp3) is 0.556. The zero-order chi connectivity index (χ0) is 16.4. The number of thioether (sulfide) groups is 1. The molecular weight excluding hydrogens is 409 g/mol. The standard InChI is InChI=1S/C18H23N3OS2.2ClH/c22-17(11-14-12-23-10-7-19-14)21-8-5-13(6-9-21)18-20-15-3-1-2-4-16(15)24-18;;/h1-4,13-14,19H,5-12H2;2*1H. The van der Waals surface area contributed by atoms with E-state index in [1.165, 1.54) is 9.71 Å². The number of hydrogen-bond acceptors (Lipinski definition) is 5. The number of benzene rings is 1. The number of halogens is 2. The maximum absolute atomic E-state index is 12.5. The summed E-state index contributed by atoms with van der Waals surface area (Å²) in [7, 11) is 0. The number of nitrogens with zero attached hydrogens (tertiary/aromatic N) is 2. The number of rotatable bonds is 3. The number of hydrogen-bond donors (Lipinski definition) is 1. The summed E-state index contributed by atoms with van der Waals surface area (Å²) >= 11 is 3.77. The lowest BCUT2D eigenvalue weighted by atomic mass is 9.97. The predicted molar refractivity (Wildman–Crippen MR) is 116 cm³/mol. The normalized spacial score (nSPS) is 21.1. The molecule has 0 radical (unpaired) electrons. The first-order valence-electron chi connectivity index (χ1n) is 8.74. The highest BCUT2D eigenvalue weighted by molar-refractivity contribution is 7.99. The topological polar surface area (TPSA) is 45.2 Å². The second-order valence-electron chi connectivity index (χ2n) is 6.60. The van der Waals surface area contributed by atoms with Gasteiger partial charge >= 0.3 is 0 Å². The molecule has 1 aromatic heterocycles. The van der Waals surface area contributed by atoms with Gasteiger partial charge < -0.3 is 10.2 Å². The fourth-order valence-electron chi connectivity index (χ4n) is 3.53. The Hall–Kier alpha value is -0.530. The monoisotopic (exact) mass is 433 g/mol. The van der Waals surface area contributed by atoms with Crippen LogP contribution in [0.1, 0.15) is 30.2 Å². The minimum Gasteiger partial charge on any atom is -0.343 e. The van der Waals surface area contributed by atoms with Gasteiger partial charge in [0.05, 0.1) is 15.2 Å². The van der Waals surface area contributed by atoms with Gasteiger partial charge in [0.2, 0.25) is 5.91 Å². The van der Waals surface area contributed by atoms with Gasteiger partial charge in [-0.15, -0.1) is 36.2 Å². The van der Waals surface area contributed by atoms with Crippen molar-refractivity contribution in [3.05, 3.63) is 29.3 Å². The molecule has 0 saturated carbocycles. The quantitative estimate of drug-likeness (QED) is 0.795. The zero-order valence-corrected chi connectivity index (χ0v) is 17.8. The summed E-state index contributed by atoms with van der Waals surface area (Å²) in [5.41, 5.74) is 1.11. The van der Waals surface area contributed by atoms with Gasteiger partial charge in [-0.05, 0) is 25.0 Å². The summed E-state index contributed by atoms with van der Waals surface area (Å²) in [6, 6.07) is 8.71. The molecule has 4 nitrogen and oxygen atoms in total. The number of carbonyl (C=O) groups excluding carboxylic acids is 1. The average molecular weight is 434 g/mol. The number of carbonyl (C=O) groups is 1. The molecule has 26 heavy (non-hydrogen) atoms. The maximum atomic E-state index is 12.5. The first-order valence-corrected chi connectivity index (χ1v) is 10.7. The maximum Gasteiger partial charge on any atom is 0.224 e. The van der Waals surface area contributed by atoms with Crippen molar-refractivity contribution in [1.82, 2.24) is 15.2 Å². The molecule has 1 N–H and O–H groups in total. The Bertz CT molecular complexity index is 680. The lowest BCUT2D eigenvalue weighted by Gasteiger charge is -2.33. The Morgan fingerprint density at radius 1 is 1.23 bits per heavy atom. The Morgan fingerprint density at radius 3 is 2.69 bits per heavy atom. The third kappa shape index (κ3) is 5.04. The van der Waals surface area contributed by atoms with E-state index in [1.54, 1.807) is 0 Å². The van der Waals surface area contributed by atoms with Crippen LogP contribution in [-0.2, 0) is 4.79 Å². The second kappa shape index (κ2) is 10.1. The van der Waals surface area contributed by atoms with Crippen molar-refractivity contribution >= 4 is 64.0 Å². The first kappa shape index (κ1) is 21.8. The highest BCUT2D eigenvalue weighted by Gasteiger charge is 2.27. The van der Waals surface area contributed by atoms with Gasteiger partial charge in [0.15, 0.2) is 0 Å². The van der Waals surface area contributed by atoms with Gasteiger partial charge in [-0.3, -0.25) is 4.79 Å². The van der Waals surface area contributed by atoms with Gasteiger partial charge in [-0.2, -0.15) is 11.8 Å². The highest BCUT2D eigenvalue weighted by Crippen LogP contribution is 2.34. The van der Waals surface area contributed by atoms with Crippen LogP contribution in [0.4, 0.5) is 0 Å². The van der Waals surface area contributed by atoms with E-state index < -0.39 is 0 Å². The van der Waals surface area contributed by atoms with Crippen molar-refractivity contribution in [2.45, 2.75) is 31.2 Å². The van der Waals surface area contributed by atoms with Crippen molar-refractivity contribution in [1.29, 1.82) is 0 Å². The molecule has 2 aliphatic heterocycles. The van der Waals surface area contributed by atoms with Crippen molar-refractivity contribution in [2.75, 3.05) is 31.1 Å². The Kier molecular flexibility index (Phi) is 8.48. The summed E-state index contributed by atoms with van der Waals surface area (Å²) < 4.78 is 1.27. The molecule has 0 bridgehead atoms. The zero-order valence-electron chi connectivity index (χ0n) is 14.6. The smallest absolute Gasteiger partial charge is 0.224 e. The van der Waals surface area contributed by atoms with E-state index in [-0.39, 0.29) is 24.8 Å². The third-order valence-corrected chi connectivity index (χ3v) is 7.26. The molecule has 2 fully saturated rings. The fourth-order valence-corrected chi connectivity index (χ4v) is 5.62. The minimum atomic E-state index is 0. The van der Waals surface area contributed by atoms with E-state index in [1.807, 2.05) is 29.2 Å². The number of nitrogens with one attached hydrogen (secondary N) is 1. The SMILES string of the molecule is Cl.Cl.O=C(CC1CSCCN1)N1CCC(c2nc3ccccc3s2)CC1. The van der Waals surface area contributed by atoms with Crippen molar-refractivity contribution < 1.29 is 4.79 Å². The van der Waals surface area contributed by atoms with Crippen LogP contribution in [0.15, 0.2) is 24.3 Å². The summed E-state index contributed by atoms with van der Waals surface area (Å²) in [6.45, 7) is 2.78. The van der Waals surface area contributed by atoms with Crippen LogP contribution in [-0.4, -0.2) is 53.0 Å². The van der Waals surface area contributed by atoms with Gasteiger partial charge in [0.1, 0.15) is 0 Å². The third-order valence-electron chi connectivity index (χ3n) is 4.93. The molecule has 1 atom stereocenters. The number of piperidine rings is 1. The second-order valence-corrected chi connectivity index (χ2v) is 8.82. The molecule has 144 valence electrons. The Morgan fingerprint density at radius 2 is 2.00 bits per heavy atom. The van der Waals surface area contributed by atoms with Gasteiger partial charge in [-0.25, -0.2) is 4.98 Å². The average Bonchev–Trinajstić information content (AvgIpc) is 3.07. The summed E-state index contributed by atoms with van der Waals surface area (Å²) in [4.78, 5) is 19.4. The Balaban J connectivity index is 0.00000121. The van der Waals surface area contributed by atoms with E-state index in [0.717, 1.165) is 49.5 Å². The molecule has 1 unspecified atom stereocenters. The van der Waals surface area contributed by atoms with Crippen LogP contribution in [0.2, 0.25) is 0 Å². The number of fused-ring (bicyclic) bond motifs is 1. The molecule has 1 amide bonds. The van der Waals surface area contributed by atoms with E-state index in [2.05, 4.69) is 28.4 Å². The van der Waals surface area contributed by atoms with Gasteiger partial charge in [-0.1, -0.05) is 12.1 Å². The van der Waals surface area contributed by atoms with E-state index in [0.29, 0.717) is 24.3 Å². The summed E-state index contributed by atoms with van der Waals surface area (Å²) in [6.07, 6.45) is 2.73. The van der Waals surface area contributed by atoms with E-state index in [4.69, 9.17) is 4.98 Å².